The van der Waals surface area contributed by atoms with E-state index in [0.29, 0.717) is 13.0 Å². The van der Waals surface area contributed by atoms with Crippen molar-refractivity contribution in [2.45, 2.75) is 19.4 Å². The van der Waals surface area contributed by atoms with Crippen molar-refractivity contribution in [1.82, 2.24) is 0 Å². The Bertz CT molecular complexity index is 362. The Hall–Kier alpha value is -1.35. The van der Waals surface area contributed by atoms with Gasteiger partial charge in [-0.25, -0.2) is 0 Å². The van der Waals surface area contributed by atoms with Gasteiger partial charge in [-0.3, -0.25) is 4.79 Å². The molecular formula is C11H13NO2. The highest BCUT2D eigenvalue weighted by Crippen LogP contribution is 2.27. The average Bonchev–Trinajstić information content (AvgIpc) is 2.20. The first-order valence-electron chi connectivity index (χ1n) is 4.81. The molecule has 74 valence electrons. The highest BCUT2D eigenvalue weighted by atomic mass is 16.3. The van der Waals surface area contributed by atoms with Gasteiger partial charge in [0.05, 0.1) is 0 Å². The normalized spacial score (nSPS) is 20.9. The third kappa shape index (κ3) is 1.30. The Kier molecular flexibility index (Phi) is 2.25. The molecule has 1 atom stereocenters. The van der Waals surface area contributed by atoms with Crippen LogP contribution in [0.25, 0.3) is 0 Å². The maximum absolute atomic E-state index is 11.6. The highest BCUT2D eigenvalue weighted by molar-refractivity contribution is 5.99. The molecule has 0 saturated carbocycles. The second kappa shape index (κ2) is 3.42. The van der Waals surface area contributed by atoms with Crippen LogP contribution < -0.4 is 4.90 Å². The van der Waals surface area contributed by atoms with E-state index in [-0.39, 0.29) is 5.91 Å². The van der Waals surface area contributed by atoms with Crippen LogP contribution in [0.3, 0.4) is 0 Å². The summed E-state index contributed by atoms with van der Waals surface area (Å²) in [7, 11) is 0. The Morgan fingerprint density at radius 2 is 2.21 bits per heavy atom. The van der Waals surface area contributed by atoms with E-state index in [4.69, 9.17) is 0 Å². The summed E-state index contributed by atoms with van der Waals surface area (Å²) in [6, 6.07) is 7.71. The first-order valence-corrected chi connectivity index (χ1v) is 4.81. The fraction of sp³-hybridized carbons (Fsp3) is 0.364. The third-order valence-electron chi connectivity index (χ3n) is 2.56. The topological polar surface area (TPSA) is 40.5 Å². The highest BCUT2D eigenvalue weighted by Gasteiger charge is 2.29. The number of amides is 1. The Morgan fingerprint density at radius 3 is 2.93 bits per heavy atom. The minimum atomic E-state index is -0.871. The molecular weight excluding hydrogens is 178 g/mol. The zero-order valence-corrected chi connectivity index (χ0v) is 8.10. The van der Waals surface area contributed by atoms with Crippen LogP contribution in [0.2, 0.25) is 0 Å². The molecule has 3 nitrogen and oxygen atoms in total. The number of para-hydroxylation sites is 1. The van der Waals surface area contributed by atoms with Gasteiger partial charge in [0.1, 0.15) is 6.10 Å². The maximum Gasteiger partial charge on any atom is 0.256 e. The number of rotatable bonds is 1. The minimum Gasteiger partial charge on any atom is -0.383 e. The number of aliphatic hydroxyl groups excluding tert-OH is 1. The molecule has 1 heterocycles. The Morgan fingerprint density at radius 1 is 1.50 bits per heavy atom. The van der Waals surface area contributed by atoms with Gasteiger partial charge in [0, 0.05) is 18.7 Å². The van der Waals surface area contributed by atoms with Crippen LogP contribution in [0.1, 0.15) is 12.5 Å². The molecule has 0 aliphatic carbocycles. The van der Waals surface area contributed by atoms with Crippen molar-refractivity contribution >= 4 is 11.6 Å². The van der Waals surface area contributed by atoms with Gasteiger partial charge in [-0.15, -0.1) is 0 Å². The summed E-state index contributed by atoms with van der Waals surface area (Å²) in [6.45, 7) is 2.51. The molecule has 1 aliphatic rings. The number of hydrogen-bond acceptors (Lipinski definition) is 2. The number of carbonyl (C=O) groups is 1. The molecule has 3 heteroatoms. The van der Waals surface area contributed by atoms with E-state index in [1.807, 2.05) is 31.2 Å². The van der Waals surface area contributed by atoms with Gasteiger partial charge < -0.3 is 10.0 Å². The van der Waals surface area contributed by atoms with Crippen molar-refractivity contribution in [3.63, 3.8) is 0 Å². The molecule has 1 aliphatic heterocycles. The van der Waals surface area contributed by atoms with Crippen molar-refractivity contribution in [2.75, 3.05) is 11.4 Å². The van der Waals surface area contributed by atoms with E-state index >= 15 is 0 Å². The predicted octanol–water partition coefficient (Wildman–Crippen LogP) is 0.956. The summed E-state index contributed by atoms with van der Waals surface area (Å²) in [5.74, 6) is -0.189. The number of nitrogens with zero attached hydrogens (tertiary/aromatic N) is 1. The summed E-state index contributed by atoms with van der Waals surface area (Å²) < 4.78 is 0. The second-order valence-corrected chi connectivity index (χ2v) is 3.43. The zero-order chi connectivity index (χ0) is 10.1. The number of benzene rings is 1. The average molecular weight is 191 g/mol. The third-order valence-corrected chi connectivity index (χ3v) is 2.56. The molecule has 1 aromatic rings. The van der Waals surface area contributed by atoms with E-state index in [9.17, 15) is 9.90 Å². The number of likely N-dealkylation sites (N-methyl/N-ethyl adjacent to an activating group) is 1. The smallest absolute Gasteiger partial charge is 0.256 e. The molecule has 0 aromatic heterocycles. The van der Waals surface area contributed by atoms with Gasteiger partial charge in [-0.2, -0.15) is 0 Å². The fourth-order valence-electron chi connectivity index (χ4n) is 1.87. The fourth-order valence-corrected chi connectivity index (χ4v) is 1.87. The van der Waals surface area contributed by atoms with E-state index in [2.05, 4.69) is 0 Å². The van der Waals surface area contributed by atoms with E-state index < -0.39 is 6.10 Å². The maximum atomic E-state index is 11.6. The molecule has 2 rings (SSSR count). The minimum absolute atomic E-state index is 0.189. The summed E-state index contributed by atoms with van der Waals surface area (Å²) >= 11 is 0. The molecule has 1 aromatic carbocycles. The van der Waals surface area contributed by atoms with Gasteiger partial charge in [-0.05, 0) is 18.6 Å². The van der Waals surface area contributed by atoms with Crippen molar-refractivity contribution in [3.05, 3.63) is 29.8 Å². The number of carbonyl (C=O) groups excluding carboxylic acids is 1. The molecule has 0 bridgehead atoms. The van der Waals surface area contributed by atoms with Crippen LogP contribution in [-0.4, -0.2) is 23.7 Å². The van der Waals surface area contributed by atoms with Crippen molar-refractivity contribution in [2.24, 2.45) is 0 Å². The molecule has 1 amide bonds. The van der Waals surface area contributed by atoms with E-state index in [1.54, 1.807) is 4.90 Å². The standard InChI is InChI=1S/C11H13NO2/c1-2-12-9-6-4-3-5-8(9)7-10(13)11(12)14/h3-6,10,13H,2,7H2,1H3. The Balaban J connectivity index is 2.47. The summed E-state index contributed by atoms with van der Waals surface area (Å²) in [5, 5.41) is 9.53. The van der Waals surface area contributed by atoms with Gasteiger partial charge in [0.25, 0.3) is 5.91 Å². The molecule has 0 spiro atoms. The lowest BCUT2D eigenvalue weighted by molar-refractivity contribution is -0.127. The van der Waals surface area contributed by atoms with Crippen molar-refractivity contribution in [1.29, 1.82) is 0 Å². The molecule has 1 unspecified atom stereocenters. The van der Waals surface area contributed by atoms with Gasteiger partial charge in [0.2, 0.25) is 0 Å². The Labute approximate surface area is 83.0 Å². The van der Waals surface area contributed by atoms with E-state index in [0.717, 1.165) is 11.3 Å². The second-order valence-electron chi connectivity index (χ2n) is 3.43. The quantitative estimate of drug-likeness (QED) is 0.718. The molecule has 1 N–H and O–H groups in total. The molecule has 14 heavy (non-hydrogen) atoms. The van der Waals surface area contributed by atoms with Crippen molar-refractivity contribution in [3.8, 4) is 0 Å². The van der Waals surface area contributed by atoms with Crippen LogP contribution in [0.4, 0.5) is 5.69 Å². The van der Waals surface area contributed by atoms with Crippen LogP contribution in [-0.2, 0) is 11.2 Å². The lowest BCUT2D eigenvalue weighted by Crippen LogP contribution is -2.44. The van der Waals surface area contributed by atoms with Crippen molar-refractivity contribution < 1.29 is 9.90 Å². The summed E-state index contributed by atoms with van der Waals surface area (Å²) in [5.41, 5.74) is 1.98. The molecule has 0 saturated heterocycles. The number of fused-ring (bicyclic) bond motifs is 1. The van der Waals surface area contributed by atoms with Gasteiger partial charge in [0.15, 0.2) is 0 Å². The van der Waals surface area contributed by atoms with Crippen LogP contribution in [0.5, 0.6) is 0 Å². The molecule has 0 radical (unpaired) electrons. The summed E-state index contributed by atoms with van der Waals surface area (Å²) in [4.78, 5) is 13.2. The number of hydrogen-bond donors (Lipinski definition) is 1. The molecule has 0 fully saturated rings. The van der Waals surface area contributed by atoms with Gasteiger partial charge in [-0.1, -0.05) is 18.2 Å². The first kappa shape index (κ1) is 9.21. The van der Waals surface area contributed by atoms with Crippen LogP contribution in [0.15, 0.2) is 24.3 Å². The SMILES string of the molecule is CCN1C(=O)C(O)Cc2ccccc21. The van der Waals surface area contributed by atoms with Crippen LogP contribution >= 0.6 is 0 Å². The van der Waals surface area contributed by atoms with Crippen LogP contribution in [0, 0.1) is 0 Å². The van der Waals surface area contributed by atoms with Gasteiger partial charge >= 0.3 is 0 Å². The zero-order valence-electron chi connectivity index (χ0n) is 8.10. The lowest BCUT2D eigenvalue weighted by Gasteiger charge is -2.31. The summed E-state index contributed by atoms with van der Waals surface area (Å²) in [6.07, 6.45) is -0.434. The number of aliphatic hydroxyl groups is 1. The predicted molar refractivity (Wildman–Crippen MR) is 54.2 cm³/mol. The van der Waals surface area contributed by atoms with E-state index in [1.165, 1.54) is 0 Å². The monoisotopic (exact) mass is 191 g/mol. The first-order chi connectivity index (χ1) is 6.74. The largest absolute Gasteiger partial charge is 0.383 e. The lowest BCUT2D eigenvalue weighted by atomic mass is 9.99. The number of anilines is 1.